The summed E-state index contributed by atoms with van der Waals surface area (Å²) in [5.74, 6) is -0.0337. The number of rotatable bonds is 5. The SMILES string of the molecule is Cc1ccc(C(=O)NCCC(=O)N2CCN(c3ccccc3)CC2)cc1. The van der Waals surface area contributed by atoms with Gasteiger partial charge >= 0.3 is 0 Å². The molecule has 0 atom stereocenters. The van der Waals surface area contributed by atoms with Gasteiger partial charge in [0.15, 0.2) is 0 Å². The van der Waals surface area contributed by atoms with Crippen LogP contribution in [-0.2, 0) is 4.79 Å². The van der Waals surface area contributed by atoms with E-state index < -0.39 is 0 Å². The molecular weight excluding hydrogens is 326 g/mol. The van der Waals surface area contributed by atoms with Gasteiger partial charge in [0.1, 0.15) is 0 Å². The van der Waals surface area contributed by atoms with Crippen LogP contribution < -0.4 is 10.2 Å². The number of amides is 2. The van der Waals surface area contributed by atoms with Crippen molar-refractivity contribution >= 4 is 17.5 Å². The number of piperazine rings is 1. The van der Waals surface area contributed by atoms with E-state index in [-0.39, 0.29) is 11.8 Å². The fraction of sp³-hybridized carbons (Fsp3) is 0.333. The van der Waals surface area contributed by atoms with Gasteiger partial charge in [0, 0.05) is 50.4 Å². The van der Waals surface area contributed by atoms with Crippen molar-refractivity contribution in [3.63, 3.8) is 0 Å². The first-order valence-electron chi connectivity index (χ1n) is 9.06. The van der Waals surface area contributed by atoms with Crippen molar-refractivity contribution in [3.8, 4) is 0 Å². The number of carbonyl (C=O) groups excluding carboxylic acids is 2. The third-order valence-electron chi connectivity index (χ3n) is 4.69. The second kappa shape index (κ2) is 8.52. The summed E-state index contributed by atoms with van der Waals surface area (Å²) in [6.45, 7) is 5.47. The quantitative estimate of drug-likeness (QED) is 0.900. The summed E-state index contributed by atoms with van der Waals surface area (Å²) in [5, 5.41) is 2.83. The Labute approximate surface area is 154 Å². The highest BCUT2D eigenvalue weighted by Crippen LogP contribution is 2.15. The zero-order chi connectivity index (χ0) is 18.4. The van der Waals surface area contributed by atoms with Gasteiger partial charge in [0.25, 0.3) is 5.91 Å². The van der Waals surface area contributed by atoms with Crippen LogP contribution in [0.1, 0.15) is 22.3 Å². The Balaban J connectivity index is 1.40. The first-order valence-corrected chi connectivity index (χ1v) is 9.06. The number of hydrogen-bond donors (Lipinski definition) is 1. The first-order chi connectivity index (χ1) is 12.6. The predicted octanol–water partition coefficient (Wildman–Crippen LogP) is 2.46. The van der Waals surface area contributed by atoms with Crippen molar-refractivity contribution in [2.24, 2.45) is 0 Å². The predicted molar refractivity (Wildman–Crippen MR) is 103 cm³/mol. The van der Waals surface area contributed by atoms with Crippen molar-refractivity contribution in [2.45, 2.75) is 13.3 Å². The number of carbonyl (C=O) groups is 2. The van der Waals surface area contributed by atoms with E-state index in [2.05, 4.69) is 22.3 Å². The van der Waals surface area contributed by atoms with E-state index >= 15 is 0 Å². The second-order valence-corrected chi connectivity index (χ2v) is 6.58. The summed E-state index contributed by atoms with van der Waals surface area (Å²) in [6, 6.07) is 17.7. The molecule has 5 heteroatoms. The number of hydrogen-bond acceptors (Lipinski definition) is 3. The van der Waals surface area contributed by atoms with E-state index in [1.54, 1.807) is 12.1 Å². The van der Waals surface area contributed by atoms with E-state index in [0.717, 1.165) is 31.7 Å². The van der Waals surface area contributed by atoms with Crippen molar-refractivity contribution in [2.75, 3.05) is 37.6 Å². The standard InChI is InChI=1S/C21H25N3O2/c1-17-7-9-18(10-8-17)21(26)22-12-11-20(25)24-15-13-23(14-16-24)19-5-3-2-4-6-19/h2-10H,11-16H2,1H3,(H,22,26). The Hall–Kier alpha value is -2.82. The van der Waals surface area contributed by atoms with Crippen LogP contribution >= 0.6 is 0 Å². The Bertz CT molecular complexity index is 736. The molecular formula is C21H25N3O2. The zero-order valence-electron chi connectivity index (χ0n) is 15.1. The first kappa shape index (κ1) is 18.0. The van der Waals surface area contributed by atoms with Gasteiger partial charge in [-0.05, 0) is 31.2 Å². The molecule has 2 amide bonds. The highest BCUT2D eigenvalue weighted by atomic mass is 16.2. The molecule has 1 aliphatic heterocycles. The van der Waals surface area contributed by atoms with Crippen molar-refractivity contribution in [1.82, 2.24) is 10.2 Å². The minimum absolute atomic E-state index is 0.0990. The zero-order valence-corrected chi connectivity index (χ0v) is 15.1. The molecule has 3 rings (SSSR count). The van der Waals surface area contributed by atoms with Gasteiger partial charge in [-0.25, -0.2) is 0 Å². The van der Waals surface area contributed by atoms with Crippen LogP contribution in [0.25, 0.3) is 0 Å². The fourth-order valence-corrected chi connectivity index (χ4v) is 3.10. The van der Waals surface area contributed by atoms with Crippen LogP contribution in [0.5, 0.6) is 0 Å². The van der Waals surface area contributed by atoms with Gasteiger partial charge in [-0.3, -0.25) is 9.59 Å². The smallest absolute Gasteiger partial charge is 0.251 e. The number of nitrogens with zero attached hydrogens (tertiary/aromatic N) is 2. The Kier molecular flexibility index (Phi) is 5.89. The van der Waals surface area contributed by atoms with Crippen LogP contribution in [0, 0.1) is 6.92 Å². The van der Waals surface area contributed by atoms with Gasteiger partial charge in [0.05, 0.1) is 0 Å². The monoisotopic (exact) mass is 351 g/mol. The third-order valence-corrected chi connectivity index (χ3v) is 4.69. The molecule has 2 aromatic rings. The maximum Gasteiger partial charge on any atom is 0.251 e. The lowest BCUT2D eigenvalue weighted by molar-refractivity contribution is -0.131. The van der Waals surface area contributed by atoms with E-state index in [1.165, 1.54) is 5.69 Å². The molecule has 5 nitrogen and oxygen atoms in total. The molecule has 1 N–H and O–H groups in total. The summed E-state index contributed by atoms with van der Waals surface area (Å²) < 4.78 is 0. The second-order valence-electron chi connectivity index (χ2n) is 6.58. The fourth-order valence-electron chi connectivity index (χ4n) is 3.10. The lowest BCUT2D eigenvalue weighted by atomic mass is 10.1. The third kappa shape index (κ3) is 4.63. The highest BCUT2D eigenvalue weighted by molar-refractivity contribution is 5.94. The minimum Gasteiger partial charge on any atom is -0.368 e. The van der Waals surface area contributed by atoms with Crippen LogP contribution in [0.15, 0.2) is 54.6 Å². The van der Waals surface area contributed by atoms with Crippen LogP contribution in [-0.4, -0.2) is 49.4 Å². The Morgan fingerprint density at radius 1 is 0.923 bits per heavy atom. The number of aryl methyl sites for hydroxylation is 1. The molecule has 0 spiro atoms. The lowest BCUT2D eigenvalue weighted by Gasteiger charge is -2.36. The molecule has 0 aromatic heterocycles. The summed E-state index contributed by atoms with van der Waals surface area (Å²) in [7, 11) is 0. The summed E-state index contributed by atoms with van der Waals surface area (Å²) in [5.41, 5.74) is 2.94. The topological polar surface area (TPSA) is 52.7 Å². The van der Waals surface area contributed by atoms with Crippen LogP contribution in [0.2, 0.25) is 0 Å². The van der Waals surface area contributed by atoms with E-state index in [9.17, 15) is 9.59 Å². The van der Waals surface area contributed by atoms with Gasteiger partial charge in [-0.15, -0.1) is 0 Å². The molecule has 1 heterocycles. The molecule has 0 radical (unpaired) electrons. The number of para-hydroxylation sites is 1. The van der Waals surface area contributed by atoms with E-state index in [1.807, 2.05) is 42.2 Å². The number of benzene rings is 2. The summed E-state index contributed by atoms with van der Waals surface area (Å²) >= 11 is 0. The van der Waals surface area contributed by atoms with Gasteiger partial charge in [-0.1, -0.05) is 35.9 Å². The summed E-state index contributed by atoms with van der Waals surface area (Å²) in [6.07, 6.45) is 0.336. The largest absolute Gasteiger partial charge is 0.368 e. The normalized spacial score (nSPS) is 14.2. The molecule has 0 unspecified atom stereocenters. The molecule has 0 bridgehead atoms. The maximum absolute atomic E-state index is 12.4. The van der Waals surface area contributed by atoms with E-state index in [4.69, 9.17) is 0 Å². The average Bonchev–Trinajstić information content (AvgIpc) is 2.69. The molecule has 2 aromatic carbocycles. The Morgan fingerprint density at radius 3 is 2.23 bits per heavy atom. The highest BCUT2D eigenvalue weighted by Gasteiger charge is 2.21. The van der Waals surface area contributed by atoms with E-state index in [0.29, 0.717) is 18.5 Å². The van der Waals surface area contributed by atoms with Crippen molar-refractivity contribution in [1.29, 1.82) is 0 Å². The van der Waals surface area contributed by atoms with Crippen LogP contribution in [0.4, 0.5) is 5.69 Å². The van der Waals surface area contributed by atoms with Gasteiger partial charge < -0.3 is 15.1 Å². The van der Waals surface area contributed by atoms with Crippen molar-refractivity contribution < 1.29 is 9.59 Å². The molecule has 1 aliphatic rings. The summed E-state index contributed by atoms with van der Waals surface area (Å²) in [4.78, 5) is 28.6. The number of nitrogens with one attached hydrogen (secondary N) is 1. The molecule has 136 valence electrons. The van der Waals surface area contributed by atoms with Crippen molar-refractivity contribution in [3.05, 3.63) is 65.7 Å². The van der Waals surface area contributed by atoms with Gasteiger partial charge in [-0.2, -0.15) is 0 Å². The number of anilines is 1. The minimum atomic E-state index is -0.133. The molecule has 26 heavy (non-hydrogen) atoms. The molecule has 0 saturated carbocycles. The molecule has 1 fully saturated rings. The van der Waals surface area contributed by atoms with Crippen LogP contribution in [0.3, 0.4) is 0 Å². The molecule has 1 saturated heterocycles. The maximum atomic E-state index is 12.4. The lowest BCUT2D eigenvalue weighted by Crippen LogP contribution is -2.49. The Morgan fingerprint density at radius 2 is 1.58 bits per heavy atom. The molecule has 0 aliphatic carbocycles. The average molecular weight is 351 g/mol. The van der Waals surface area contributed by atoms with Gasteiger partial charge in [0.2, 0.25) is 5.91 Å².